The highest BCUT2D eigenvalue weighted by Gasteiger charge is 2.34. The second-order valence-electron chi connectivity index (χ2n) is 9.95. The van der Waals surface area contributed by atoms with Gasteiger partial charge in [-0.25, -0.2) is 9.97 Å². The minimum atomic E-state index is -0.287. The van der Waals surface area contributed by atoms with E-state index in [4.69, 9.17) is 10.7 Å². The lowest BCUT2D eigenvalue weighted by Gasteiger charge is -2.37. The maximum atomic E-state index is 13.7. The number of pyridine rings is 1. The molecule has 1 aromatic carbocycles. The maximum absolute atomic E-state index is 13.7. The zero-order valence-corrected chi connectivity index (χ0v) is 20.6. The van der Waals surface area contributed by atoms with Crippen molar-refractivity contribution in [3.05, 3.63) is 64.1 Å². The zero-order valence-electron chi connectivity index (χ0n) is 20.6. The molecule has 2 amide bonds. The van der Waals surface area contributed by atoms with Crippen molar-refractivity contribution in [1.82, 2.24) is 19.4 Å². The van der Waals surface area contributed by atoms with Crippen molar-refractivity contribution in [3.63, 3.8) is 0 Å². The summed E-state index contributed by atoms with van der Waals surface area (Å²) in [6.07, 6.45) is 4.47. The predicted octanol–water partition coefficient (Wildman–Crippen LogP) is 2.09. The standard InChI is InChI=1S/C27H32N6O3/c1-18-6-8-19(9-7-18)16-33-24-22(5-2-12-29-24)30-25(27(33)36)32-13-3-4-21(17-32)26(35)31-14-10-20(11-15-31)23(28)34/h2,5-9,12,20-21H,3-4,10-11,13-17H2,1H3,(H2,28,34)/t21-/m0/s1. The number of likely N-dealkylation sites (tertiary alicyclic amines) is 1. The molecule has 9 nitrogen and oxygen atoms in total. The highest BCUT2D eigenvalue weighted by Crippen LogP contribution is 2.25. The minimum Gasteiger partial charge on any atom is -0.369 e. The molecule has 0 aliphatic carbocycles. The average molecular weight is 489 g/mol. The fraction of sp³-hybridized carbons (Fsp3) is 0.444. The summed E-state index contributed by atoms with van der Waals surface area (Å²) in [5.74, 6) is -0.193. The Bertz CT molecular complexity index is 1330. The molecular weight excluding hydrogens is 456 g/mol. The number of hydrogen-bond acceptors (Lipinski definition) is 6. The third kappa shape index (κ3) is 4.82. The summed E-state index contributed by atoms with van der Waals surface area (Å²) in [5.41, 5.74) is 8.62. The number of rotatable bonds is 5. The Morgan fingerprint density at radius 2 is 1.78 bits per heavy atom. The molecule has 2 aliphatic heterocycles. The van der Waals surface area contributed by atoms with Gasteiger partial charge in [0.25, 0.3) is 5.56 Å². The van der Waals surface area contributed by atoms with Crippen molar-refractivity contribution in [2.75, 3.05) is 31.1 Å². The van der Waals surface area contributed by atoms with E-state index in [1.54, 1.807) is 10.8 Å². The Labute approximate surface area is 209 Å². The van der Waals surface area contributed by atoms with Gasteiger partial charge in [0, 0.05) is 38.3 Å². The number of primary amides is 1. The lowest BCUT2D eigenvalue weighted by atomic mass is 9.92. The number of fused-ring (bicyclic) bond motifs is 1. The Hall–Kier alpha value is -3.75. The van der Waals surface area contributed by atoms with Gasteiger partial charge >= 0.3 is 0 Å². The van der Waals surface area contributed by atoms with Crippen LogP contribution < -0.4 is 16.2 Å². The van der Waals surface area contributed by atoms with Crippen molar-refractivity contribution in [1.29, 1.82) is 0 Å². The van der Waals surface area contributed by atoms with Crippen LogP contribution in [-0.4, -0.2) is 57.4 Å². The second-order valence-corrected chi connectivity index (χ2v) is 9.95. The van der Waals surface area contributed by atoms with E-state index in [9.17, 15) is 14.4 Å². The van der Waals surface area contributed by atoms with Crippen LogP contribution in [0.25, 0.3) is 11.2 Å². The number of nitrogens with zero attached hydrogens (tertiary/aromatic N) is 5. The number of aryl methyl sites for hydroxylation is 1. The van der Waals surface area contributed by atoms with Gasteiger partial charge in [0.05, 0.1) is 12.5 Å². The van der Waals surface area contributed by atoms with Crippen molar-refractivity contribution >= 4 is 28.8 Å². The fourth-order valence-corrected chi connectivity index (χ4v) is 5.30. The smallest absolute Gasteiger partial charge is 0.295 e. The van der Waals surface area contributed by atoms with E-state index in [2.05, 4.69) is 4.98 Å². The fourth-order valence-electron chi connectivity index (χ4n) is 5.30. The molecule has 0 unspecified atom stereocenters. The second kappa shape index (κ2) is 10.1. The Morgan fingerprint density at radius 1 is 1.03 bits per heavy atom. The molecule has 1 atom stereocenters. The number of benzene rings is 1. The molecule has 2 fully saturated rings. The van der Waals surface area contributed by atoms with Crippen LogP contribution in [0.4, 0.5) is 5.82 Å². The highest BCUT2D eigenvalue weighted by molar-refractivity contribution is 5.81. The molecule has 0 spiro atoms. The van der Waals surface area contributed by atoms with Crippen LogP contribution in [0.2, 0.25) is 0 Å². The Morgan fingerprint density at radius 3 is 2.50 bits per heavy atom. The van der Waals surface area contributed by atoms with Gasteiger partial charge in [0.2, 0.25) is 11.8 Å². The predicted molar refractivity (Wildman–Crippen MR) is 138 cm³/mol. The molecule has 5 rings (SSSR count). The summed E-state index contributed by atoms with van der Waals surface area (Å²) in [4.78, 5) is 51.5. The molecule has 2 N–H and O–H groups in total. The van der Waals surface area contributed by atoms with Crippen LogP contribution in [0.15, 0.2) is 47.4 Å². The lowest BCUT2D eigenvalue weighted by molar-refractivity contribution is -0.138. The van der Waals surface area contributed by atoms with Gasteiger partial charge < -0.3 is 15.5 Å². The van der Waals surface area contributed by atoms with Crippen molar-refractivity contribution in [3.8, 4) is 0 Å². The lowest BCUT2D eigenvalue weighted by Crippen LogP contribution is -2.49. The van der Waals surface area contributed by atoms with Gasteiger partial charge in [-0.2, -0.15) is 0 Å². The van der Waals surface area contributed by atoms with Crippen LogP contribution in [0, 0.1) is 18.8 Å². The van der Waals surface area contributed by atoms with Crippen molar-refractivity contribution in [2.45, 2.75) is 39.2 Å². The van der Waals surface area contributed by atoms with Gasteiger partial charge in [0.15, 0.2) is 11.5 Å². The van der Waals surface area contributed by atoms with E-state index < -0.39 is 0 Å². The molecule has 188 valence electrons. The van der Waals surface area contributed by atoms with Gasteiger partial charge in [-0.05, 0) is 50.3 Å². The molecule has 9 heteroatoms. The first-order valence-electron chi connectivity index (χ1n) is 12.6. The van der Waals surface area contributed by atoms with E-state index in [-0.39, 0.29) is 29.2 Å². The molecule has 0 saturated carbocycles. The van der Waals surface area contributed by atoms with Crippen LogP contribution in [0.1, 0.15) is 36.8 Å². The minimum absolute atomic E-state index is 0.0880. The summed E-state index contributed by atoms with van der Waals surface area (Å²) in [5, 5.41) is 0. The molecule has 2 aliphatic rings. The quantitative estimate of drug-likeness (QED) is 0.588. The number of hydrogen-bond donors (Lipinski definition) is 1. The number of carbonyl (C=O) groups excluding carboxylic acids is 2. The SMILES string of the molecule is Cc1ccc(Cn2c(=O)c(N3CCC[C@H](C(=O)N4CCC(C(N)=O)CC4)C3)nc3cccnc32)cc1. The topological polar surface area (TPSA) is 114 Å². The number of amides is 2. The first-order chi connectivity index (χ1) is 17.4. The Kier molecular flexibility index (Phi) is 6.71. The normalized spacial score (nSPS) is 19.0. The van der Waals surface area contributed by atoms with Crippen LogP contribution in [0.5, 0.6) is 0 Å². The monoisotopic (exact) mass is 488 g/mol. The number of nitrogens with two attached hydrogens (primary N) is 1. The van der Waals surface area contributed by atoms with Crippen molar-refractivity contribution in [2.24, 2.45) is 17.6 Å². The van der Waals surface area contributed by atoms with Gasteiger partial charge in [-0.15, -0.1) is 0 Å². The summed E-state index contributed by atoms with van der Waals surface area (Å²) in [6.45, 7) is 4.65. The van der Waals surface area contributed by atoms with Crippen LogP contribution in [0.3, 0.4) is 0 Å². The highest BCUT2D eigenvalue weighted by atomic mass is 16.2. The molecule has 36 heavy (non-hydrogen) atoms. The van der Waals surface area contributed by atoms with Gasteiger partial charge in [-0.1, -0.05) is 29.8 Å². The average Bonchev–Trinajstić information content (AvgIpc) is 2.91. The number of carbonyl (C=O) groups is 2. The van der Waals surface area contributed by atoms with Crippen LogP contribution in [-0.2, 0) is 16.1 Å². The number of piperidine rings is 2. The maximum Gasteiger partial charge on any atom is 0.295 e. The first kappa shape index (κ1) is 24.0. The van der Waals surface area contributed by atoms with Gasteiger partial charge in [-0.3, -0.25) is 19.0 Å². The molecule has 4 heterocycles. The van der Waals surface area contributed by atoms with E-state index >= 15 is 0 Å². The van der Waals surface area contributed by atoms with E-state index in [1.807, 2.05) is 53.1 Å². The third-order valence-corrected chi connectivity index (χ3v) is 7.42. The zero-order chi connectivity index (χ0) is 25.2. The number of aromatic nitrogens is 3. The molecule has 0 radical (unpaired) electrons. The molecule has 3 aromatic rings. The van der Waals surface area contributed by atoms with E-state index in [1.165, 1.54) is 0 Å². The molecule has 2 aromatic heterocycles. The van der Waals surface area contributed by atoms with Gasteiger partial charge in [0.1, 0.15) is 5.52 Å². The summed E-state index contributed by atoms with van der Waals surface area (Å²) in [6, 6.07) is 11.8. The first-order valence-corrected chi connectivity index (χ1v) is 12.6. The van der Waals surface area contributed by atoms with Crippen LogP contribution >= 0.6 is 0 Å². The summed E-state index contributed by atoms with van der Waals surface area (Å²) >= 11 is 0. The Balaban J connectivity index is 1.40. The van der Waals surface area contributed by atoms with E-state index in [0.29, 0.717) is 62.5 Å². The van der Waals surface area contributed by atoms with E-state index in [0.717, 1.165) is 24.0 Å². The third-order valence-electron chi connectivity index (χ3n) is 7.42. The molecule has 2 saturated heterocycles. The summed E-state index contributed by atoms with van der Waals surface area (Å²) in [7, 11) is 0. The van der Waals surface area contributed by atoms with Crippen molar-refractivity contribution < 1.29 is 9.59 Å². The largest absolute Gasteiger partial charge is 0.369 e. The molecule has 0 bridgehead atoms. The molecular formula is C27H32N6O3. The number of anilines is 1. The summed E-state index contributed by atoms with van der Waals surface area (Å²) < 4.78 is 1.68.